The van der Waals surface area contributed by atoms with Crippen molar-refractivity contribution in [2.75, 3.05) is 26.3 Å². The summed E-state index contributed by atoms with van der Waals surface area (Å²) in [7, 11) is 0. The van der Waals surface area contributed by atoms with Gasteiger partial charge in [-0.1, -0.05) is 12.1 Å². The highest BCUT2D eigenvalue weighted by Gasteiger charge is 2.27. The van der Waals surface area contributed by atoms with Crippen molar-refractivity contribution in [1.82, 2.24) is 16.0 Å². The lowest BCUT2D eigenvalue weighted by molar-refractivity contribution is -0.129. The minimum absolute atomic E-state index is 0.0233. The zero-order valence-electron chi connectivity index (χ0n) is 14.1. The fourth-order valence-electron chi connectivity index (χ4n) is 2.47. The van der Waals surface area contributed by atoms with E-state index in [0.29, 0.717) is 32.0 Å². The van der Waals surface area contributed by atoms with Crippen LogP contribution in [0.1, 0.15) is 19.4 Å². The van der Waals surface area contributed by atoms with Crippen LogP contribution in [-0.2, 0) is 20.9 Å². The summed E-state index contributed by atoms with van der Waals surface area (Å²) >= 11 is 0. The Balaban J connectivity index is 1.83. The van der Waals surface area contributed by atoms with Crippen molar-refractivity contribution in [3.8, 4) is 5.75 Å². The third kappa shape index (κ3) is 5.50. The van der Waals surface area contributed by atoms with E-state index in [9.17, 15) is 9.59 Å². The van der Waals surface area contributed by atoms with Gasteiger partial charge in [-0.25, -0.2) is 0 Å². The van der Waals surface area contributed by atoms with Gasteiger partial charge in [-0.05, 0) is 31.5 Å². The molecule has 2 rings (SSSR count). The van der Waals surface area contributed by atoms with E-state index in [4.69, 9.17) is 9.47 Å². The zero-order chi connectivity index (χ0) is 17.4. The number of morpholine rings is 1. The quantitative estimate of drug-likeness (QED) is 0.662. The van der Waals surface area contributed by atoms with Gasteiger partial charge in [0.1, 0.15) is 11.8 Å². The molecule has 0 bridgehead atoms. The van der Waals surface area contributed by atoms with Crippen LogP contribution in [0.4, 0.5) is 0 Å². The summed E-state index contributed by atoms with van der Waals surface area (Å²) in [5.74, 6) is 0.352. The Bertz CT molecular complexity index is 565. The first-order valence-corrected chi connectivity index (χ1v) is 8.21. The number of amides is 2. The van der Waals surface area contributed by atoms with Crippen LogP contribution >= 0.6 is 0 Å². The number of ether oxygens (including phenoxy) is 2. The van der Waals surface area contributed by atoms with Gasteiger partial charge >= 0.3 is 0 Å². The Hall–Kier alpha value is -2.12. The number of nitrogens with one attached hydrogen (secondary N) is 3. The highest BCUT2D eigenvalue weighted by atomic mass is 16.5. The first-order chi connectivity index (χ1) is 11.6. The molecule has 132 valence electrons. The van der Waals surface area contributed by atoms with Crippen LogP contribution in [0.25, 0.3) is 0 Å². The molecule has 2 amide bonds. The summed E-state index contributed by atoms with van der Waals surface area (Å²) in [6, 6.07) is 6.99. The summed E-state index contributed by atoms with van der Waals surface area (Å²) in [6.07, 6.45) is -0.148. The van der Waals surface area contributed by atoms with Crippen LogP contribution in [0.2, 0.25) is 0 Å². The maximum Gasteiger partial charge on any atom is 0.257 e. The second kappa shape index (κ2) is 9.24. The van der Waals surface area contributed by atoms with Crippen molar-refractivity contribution in [3.05, 3.63) is 29.8 Å². The average molecular weight is 335 g/mol. The van der Waals surface area contributed by atoms with Crippen LogP contribution in [-0.4, -0.2) is 50.3 Å². The van der Waals surface area contributed by atoms with Crippen LogP contribution in [0.15, 0.2) is 24.3 Å². The van der Waals surface area contributed by atoms with Gasteiger partial charge in [0.15, 0.2) is 6.61 Å². The predicted molar refractivity (Wildman–Crippen MR) is 89.7 cm³/mol. The molecule has 0 spiro atoms. The topological polar surface area (TPSA) is 88.7 Å². The second-order valence-corrected chi connectivity index (χ2v) is 5.62. The fraction of sp³-hybridized carbons (Fsp3) is 0.529. The highest BCUT2D eigenvalue weighted by Crippen LogP contribution is 2.13. The molecule has 1 fully saturated rings. The van der Waals surface area contributed by atoms with Crippen LogP contribution in [0.5, 0.6) is 5.75 Å². The normalized spacial score (nSPS) is 20.2. The van der Waals surface area contributed by atoms with E-state index in [2.05, 4.69) is 16.0 Å². The largest absolute Gasteiger partial charge is 0.484 e. The van der Waals surface area contributed by atoms with Crippen molar-refractivity contribution in [2.24, 2.45) is 0 Å². The van der Waals surface area contributed by atoms with Crippen LogP contribution in [0, 0.1) is 0 Å². The summed E-state index contributed by atoms with van der Waals surface area (Å²) in [5, 5.41) is 8.72. The molecule has 1 aliphatic rings. The number of carbonyl (C=O) groups is 2. The molecule has 0 radical (unpaired) electrons. The Kier molecular flexibility index (Phi) is 7.02. The fourth-order valence-corrected chi connectivity index (χ4v) is 2.47. The number of hydrogen-bond acceptors (Lipinski definition) is 5. The first kappa shape index (κ1) is 18.2. The SMILES string of the molecule is CCNC(=O)COc1cccc(CNC(=O)[C@H]2NCCO[C@@H]2C)c1. The lowest BCUT2D eigenvalue weighted by Crippen LogP contribution is -2.55. The maximum atomic E-state index is 12.2. The van der Waals surface area contributed by atoms with E-state index in [1.54, 1.807) is 6.07 Å². The minimum Gasteiger partial charge on any atom is -0.484 e. The summed E-state index contributed by atoms with van der Waals surface area (Å²) in [6.45, 7) is 5.97. The highest BCUT2D eigenvalue weighted by molar-refractivity contribution is 5.82. The lowest BCUT2D eigenvalue weighted by atomic mass is 10.1. The van der Waals surface area contributed by atoms with Gasteiger partial charge in [-0.3, -0.25) is 9.59 Å². The van der Waals surface area contributed by atoms with Gasteiger partial charge in [-0.15, -0.1) is 0 Å². The summed E-state index contributed by atoms with van der Waals surface area (Å²) < 4.78 is 10.9. The molecule has 2 atom stereocenters. The van der Waals surface area contributed by atoms with Crippen molar-refractivity contribution in [1.29, 1.82) is 0 Å². The van der Waals surface area contributed by atoms with Crippen molar-refractivity contribution < 1.29 is 19.1 Å². The average Bonchev–Trinajstić information content (AvgIpc) is 2.59. The van der Waals surface area contributed by atoms with Crippen molar-refractivity contribution in [3.63, 3.8) is 0 Å². The van der Waals surface area contributed by atoms with E-state index < -0.39 is 0 Å². The molecular weight excluding hydrogens is 310 g/mol. The molecule has 1 saturated heterocycles. The Morgan fingerprint density at radius 3 is 2.96 bits per heavy atom. The van der Waals surface area contributed by atoms with Crippen LogP contribution < -0.4 is 20.7 Å². The molecule has 1 heterocycles. The third-order valence-electron chi connectivity index (χ3n) is 3.71. The Morgan fingerprint density at radius 1 is 1.38 bits per heavy atom. The monoisotopic (exact) mass is 335 g/mol. The number of benzene rings is 1. The van der Waals surface area contributed by atoms with Gasteiger partial charge in [0, 0.05) is 19.6 Å². The smallest absolute Gasteiger partial charge is 0.257 e. The third-order valence-corrected chi connectivity index (χ3v) is 3.71. The maximum absolute atomic E-state index is 12.2. The molecule has 0 aromatic heterocycles. The molecule has 7 nitrogen and oxygen atoms in total. The Morgan fingerprint density at radius 2 is 2.21 bits per heavy atom. The van der Waals surface area contributed by atoms with Crippen LogP contribution in [0.3, 0.4) is 0 Å². The van der Waals surface area contributed by atoms with Gasteiger partial charge in [0.2, 0.25) is 5.91 Å². The van der Waals surface area contributed by atoms with E-state index in [-0.39, 0.29) is 30.6 Å². The van der Waals surface area contributed by atoms with E-state index in [0.717, 1.165) is 5.56 Å². The number of hydrogen-bond donors (Lipinski definition) is 3. The summed E-state index contributed by atoms with van der Waals surface area (Å²) in [4.78, 5) is 23.6. The predicted octanol–water partition coefficient (Wildman–Crippen LogP) is 0.195. The lowest BCUT2D eigenvalue weighted by Gasteiger charge is -2.29. The molecule has 0 unspecified atom stereocenters. The molecule has 3 N–H and O–H groups in total. The molecule has 7 heteroatoms. The van der Waals surface area contributed by atoms with Gasteiger partial charge < -0.3 is 25.4 Å². The van der Waals surface area contributed by atoms with Gasteiger partial charge in [0.25, 0.3) is 5.91 Å². The van der Waals surface area contributed by atoms with Gasteiger partial charge in [-0.2, -0.15) is 0 Å². The van der Waals surface area contributed by atoms with Gasteiger partial charge in [0.05, 0.1) is 12.7 Å². The molecule has 24 heavy (non-hydrogen) atoms. The second-order valence-electron chi connectivity index (χ2n) is 5.62. The number of likely N-dealkylation sites (N-methyl/N-ethyl adjacent to an activating group) is 1. The van der Waals surface area contributed by atoms with E-state index in [1.165, 1.54) is 0 Å². The molecular formula is C17H25N3O4. The Labute approximate surface area is 142 Å². The minimum atomic E-state index is -0.337. The van der Waals surface area contributed by atoms with E-state index in [1.807, 2.05) is 32.0 Å². The standard InChI is InChI=1S/C17H25N3O4/c1-3-18-15(21)11-24-14-6-4-5-13(9-14)10-20-17(22)16-12(2)23-8-7-19-16/h4-6,9,12,16,19H,3,7-8,10-11H2,1-2H3,(H,18,21)(H,20,22)/t12-,16+/m1/s1. The molecule has 1 aromatic rings. The van der Waals surface area contributed by atoms with Crippen molar-refractivity contribution in [2.45, 2.75) is 32.5 Å². The summed E-state index contributed by atoms with van der Waals surface area (Å²) in [5.41, 5.74) is 0.904. The number of rotatable bonds is 7. The number of carbonyl (C=O) groups excluding carboxylic acids is 2. The first-order valence-electron chi connectivity index (χ1n) is 8.21. The molecule has 0 aliphatic carbocycles. The van der Waals surface area contributed by atoms with Crippen molar-refractivity contribution >= 4 is 11.8 Å². The van der Waals surface area contributed by atoms with E-state index >= 15 is 0 Å². The molecule has 0 saturated carbocycles. The molecule has 1 aromatic carbocycles. The molecule has 1 aliphatic heterocycles. The zero-order valence-corrected chi connectivity index (χ0v) is 14.1.